The Bertz CT molecular complexity index is 995. The van der Waals surface area contributed by atoms with Crippen LogP contribution >= 0.6 is 27.5 Å². The monoisotopic (exact) mass is 430 g/mol. The van der Waals surface area contributed by atoms with Gasteiger partial charge in [0.05, 0.1) is 0 Å². The number of hydrogen-bond acceptors (Lipinski definition) is 3. The van der Waals surface area contributed by atoms with Gasteiger partial charge in [-0.25, -0.2) is 0 Å². The molecule has 1 heterocycles. The molecule has 0 fully saturated rings. The van der Waals surface area contributed by atoms with Crippen LogP contribution in [0.25, 0.3) is 17.4 Å². The van der Waals surface area contributed by atoms with E-state index in [0.29, 0.717) is 22.2 Å². The normalized spacial score (nSPS) is 11.0. The number of hydrogen-bond donors (Lipinski definition) is 2. The summed E-state index contributed by atoms with van der Waals surface area (Å²) in [4.78, 5) is 12.1. The van der Waals surface area contributed by atoms with Gasteiger partial charge in [0.2, 0.25) is 5.91 Å². The van der Waals surface area contributed by atoms with Crippen LogP contribution in [0, 0.1) is 6.92 Å². The summed E-state index contributed by atoms with van der Waals surface area (Å²) in [5.41, 5.74) is 8.88. The van der Waals surface area contributed by atoms with E-state index >= 15 is 0 Å². The van der Waals surface area contributed by atoms with Crippen molar-refractivity contribution in [2.75, 3.05) is 11.1 Å². The Balaban J connectivity index is 1.71. The number of nitrogens with one attached hydrogen (secondary N) is 1. The van der Waals surface area contributed by atoms with Crippen molar-refractivity contribution in [3.63, 3.8) is 0 Å². The first kappa shape index (κ1) is 18.3. The zero-order valence-corrected chi connectivity index (χ0v) is 16.3. The summed E-state index contributed by atoms with van der Waals surface area (Å²) in [5.74, 6) is 1.01. The van der Waals surface area contributed by atoms with E-state index in [1.54, 1.807) is 36.4 Å². The lowest BCUT2D eigenvalue weighted by Gasteiger charge is -2.06. The molecule has 3 aromatic rings. The number of nitrogens with two attached hydrogens (primary N) is 1. The topological polar surface area (TPSA) is 68.3 Å². The number of furan rings is 1. The van der Waals surface area contributed by atoms with Crippen LogP contribution in [0.5, 0.6) is 0 Å². The molecule has 6 heteroatoms. The van der Waals surface area contributed by atoms with Crippen LogP contribution < -0.4 is 11.1 Å². The zero-order chi connectivity index (χ0) is 18.7. The fraction of sp³-hybridized carbons (Fsp3) is 0.0500. The van der Waals surface area contributed by atoms with E-state index in [1.165, 1.54) is 6.08 Å². The first-order valence-corrected chi connectivity index (χ1v) is 9.00. The second kappa shape index (κ2) is 7.81. The van der Waals surface area contributed by atoms with E-state index in [0.717, 1.165) is 21.3 Å². The maximum atomic E-state index is 12.1. The van der Waals surface area contributed by atoms with Gasteiger partial charge in [-0.3, -0.25) is 4.79 Å². The summed E-state index contributed by atoms with van der Waals surface area (Å²) in [6, 6.07) is 14.4. The van der Waals surface area contributed by atoms with Gasteiger partial charge in [0.25, 0.3) is 0 Å². The maximum absolute atomic E-state index is 12.1. The molecule has 0 aliphatic carbocycles. The molecule has 0 bridgehead atoms. The lowest BCUT2D eigenvalue weighted by Crippen LogP contribution is -2.09. The van der Waals surface area contributed by atoms with E-state index in [9.17, 15) is 4.79 Å². The molecular weight excluding hydrogens is 416 g/mol. The van der Waals surface area contributed by atoms with Gasteiger partial charge in [0.15, 0.2) is 0 Å². The lowest BCUT2D eigenvalue weighted by atomic mass is 10.2. The lowest BCUT2D eigenvalue weighted by molar-refractivity contribution is -0.111. The Morgan fingerprint density at radius 3 is 2.73 bits per heavy atom. The average Bonchev–Trinajstić information content (AvgIpc) is 3.04. The van der Waals surface area contributed by atoms with Crippen molar-refractivity contribution in [3.05, 3.63) is 75.4 Å². The van der Waals surface area contributed by atoms with Gasteiger partial charge in [-0.1, -0.05) is 11.6 Å². The van der Waals surface area contributed by atoms with Gasteiger partial charge < -0.3 is 15.5 Å². The molecular formula is C20H16BrClN2O2. The molecule has 0 saturated heterocycles. The van der Waals surface area contributed by atoms with E-state index in [2.05, 4.69) is 21.2 Å². The highest BCUT2D eigenvalue weighted by Gasteiger charge is 2.08. The molecule has 0 aliphatic rings. The molecule has 3 rings (SSSR count). The Hall–Kier alpha value is -2.50. The molecule has 3 N–H and O–H groups in total. The summed E-state index contributed by atoms with van der Waals surface area (Å²) in [6.07, 6.45) is 3.05. The Morgan fingerprint density at radius 1 is 1.19 bits per heavy atom. The predicted octanol–water partition coefficient (Wildman–Crippen LogP) is 5.91. The minimum Gasteiger partial charge on any atom is -0.457 e. The molecule has 132 valence electrons. The molecule has 1 amide bonds. The summed E-state index contributed by atoms with van der Waals surface area (Å²) >= 11 is 9.43. The largest absolute Gasteiger partial charge is 0.457 e. The predicted molar refractivity (Wildman–Crippen MR) is 110 cm³/mol. The molecule has 4 nitrogen and oxygen atoms in total. The number of aryl methyl sites for hydroxylation is 1. The molecule has 26 heavy (non-hydrogen) atoms. The first-order valence-electron chi connectivity index (χ1n) is 7.83. The fourth-order valence-corrected chi connectivity index (χ4v) is 3.31. The van der Waals surface area contributed by atoms with E-state index < -0.39 is 0 Å². The van der Waals surface area contributed by atoms with Crippen LogP contribution in [0.4, 0.5) is 11.4 Å². The van der Waals surface area contributed by atoms with Gasteiger partial charge in [0.1, 0.15) is 11.5 Å². The Kier molecular flexibility index (Phi) is 5.49. The van der Waals surface area contributed by atoms with Crippen molar-refractivity contribution in [3.8, 4) is 11.3 Å². The third kappa shape index (κ3) is 4.36. The highest BCUT2D eigenvalue weighted by Crippen LogP contribution is 2.32. The standard InChI is InChI=1S/C20H16BrClN2O2/c1-12-10-14(23)3-7-18(12)24-20(25)9-5-15-4-8-19(26-15)16-6-2-13(22)11-17(16)21/h2-11H,23H2,1H3,(H,24,25)/b9-5+. The average molecular weight is 432 g/mol. The SMILES string of the molecule is Cc1cc(N)ccc1NC(=O)/C=C/c1ccc(-c2ccc(Cl)cc2Br)o1. The number of anilines is 2. The Morgan fingerprint density at radius 2 is 2.00 bits per heavy atom. The number of carbonyl (C=O) groups is 1. The third-order valence-electron chi connectivity index (χ3n) is 3.73. The van der Waals surface area contributed by atoms with Crippen molar-refractivity contribution in [2.24, 2.45) is 0 Å². The number of benzene rings is 2. The number of halogens is 2. The van der Waals surface area contributed by atoms with Crippen LogP contribution in [-0.4, -0.2) is 5.91 Å². The quantitative estimate of drug-likeness (QED) is 0.399. The molecule has 0 saturated carbocycles. The van der Waals surface area contributed by atoms with Crippen molar-refractivity contribution < 1.29 is 9.21 Å². The fourth-order valence-electron chi connectivity index (χ4n) is 2.44. The van der Waals surface area contributed by atoms with E-state index in [1.807, 2.05) is 25.1 Å². The van der Waals surface area contributed by atoms with Crippen LogP contribution in [0.15, 0.2) is 63.5 Å². The minimum atomic E-state index is -0.247. The highest BCUT2D eigenvalue weighted by molar-refractivity contribution is 9.10. The molecule has 0 spiro atoms. The Labute approximate surface area is 164 Å². The van der Waals surface area contributed by atoms with Crippen molar-refractivity contribution in [1.29, 1.82) is 0 Å². The van der Waals surface area contributed by atoms with Gasteiger partial charge >= 0.3 is 0 Å². The molecule has 1 aromatic heterocycles. The minimum absolute atomic E-state index is 0.247. The van der Waals surface area contributed by atoms with Crippen molar-refractivity contribution in [1.82, 2.24) is 0 Å². The molecule has 2 aromatic carbocycles. The highest BCUT2D eigenvalue weighted by atomic mass is 79.9. The number of amides is 1. The summed E-state index contributed by atoms with van der Waals surface area (Å²) < 4.78 is 6.61. The maximum Gasteiger partial charge on any atom is 0.248 e. The second-order valence-electron chi connectivity index (χ2n) is 5.72. The van der Waals surface area contributed by atoms with Crippen molar-refractivity contribution in [2.45, 2.75) is 6.92 Å². The summed E-state index contributed by atoms with van der Waals surface area (Å²) in [7, 11) is 0. The van der Waals surface area contributed by atoms with E-state index in [4.69, 9.17) is 21.8 Å². The number of nitrogen functional groups attached to an aromatic ring is 1. The van der Waals surface area contributed by atoms with Gasteiger partial charge in [-0.2, -0.15) is 0 Å². The number of carbonyl (C=O) groups excluding carboxylic acids is 1. The summed E-state index contributed by atoms with van der Waals surface area (Å²) in [5, 5.41) is 3.46. The van der Waals surface area contributed by atoms with Crippen LogP contribution in [0.2, 0.25) is 5.02 Å². The molecule has 0 radical (unpaired) electrons. The third-order valence-corrected chi connectivity index (χ3v) is 4.62. The zero-order valence-electron chi connectivity index (χ0n) is 13.9. The van der Waals surface area contributed by atoms with Gasteiger partial charge in [-0.05, 0) is 83.0 Å². The molecule has 0 unspecified atom stereocenters. The smallest absolute Gasteiger partial charge is 0.248 e. The van der Waals surface area contributed by atoms with Gasteiger partial charge in [0, 0.05) is 32.5 Å². The van der Waals surface area contributed by atoms with Crippen LogP contribution in [-0.2, 0) is 4.79 Å². The van der Waals surface area contributed by atoms with Crippen LogP contribution in [0.3, 0.4) is 0 Å². The second-order valence-corrected chi connectivity index (χ2v) is 7.01. The van der Waals surface area contributed by atoms with Crippen LogP contribution in [0.1, 0.15) is 11.3 Å². The molecule has 0 aliphatic heterocycles. The van der Waals surface area contributed by atoms with Crippen molar-refractivity contribution >= 4 is 50.9 Å². The summed E-state index contributed by atoms with van der Waals surface area (Å²) in [6.45, 7) is 1.89. The number of rotatable bonds is 4. The van der Waals surface area contributed by atoms with E-state index in [-0.39, 0.29) is 5.91 Å². The first-order chi connectivity index (χ1) is 12.4. The molecule has 0 atom stereocenters. The van der Waals surface area contributed by atoms with Gasteiger partial charge in [-0.15, -0.1) is 0 Å².